The molecule has 1 aromatic rings. The number of ether oxygens (including phenoxy) is 2. The smallest absolute Gasteiger partial charge is 0.305 e. The van der Waals surface area contributed by atoms with Crippen LogP contribution in [0.4, 0.5) is 22.0 Å². The monoisotopic (exact) mass is 284 g/mol. The number of carbonyl (C=O) groups is 1. The van der Waals surface area contributed by atoms with Crippen LogP contribution in [-0.4, -0.2) is 19.7 Å². The topological polar surface area (TPSA) is 35.5 Å². The molecule has 3 nitrogen and oxygen atoms in total. The molecule has 0 spiro atoms. The number of hydrogen-bond acceptors (Lipinski definition) is 3. The van der Waals surface area contributed by atoms with E-state index < -0.39 is 47.4 Å². The minimum Gasteiger partial charge on any atom is -0.487 e. The average Bonchev–Trinajstić information content (AvgIpc) is 2.41. The van der Waals surface area contributed by atoms with Gasteiger partial charge in [0.05, 0.1) is 13.7 Å². The highest BCUT2D eigenvalue weighted by Gasteiger charge is 2.26. The van der Waals surface area contributed by atoms with E-state index in [1.165, 1.54) is 0 Å². The Bertz CT molecular complexity index is 461. The molecule has 0 radical (unpaired) electrons. The fraction of sp³-hybridized carbons (Fsp3) is 0.364. The van der Waals surface area contributed by atoms with Crippen LogP contribution in [0.1, 0.15) is 12.8 Å². The summed E-state index contributed by atoms with van der Waals surface area (Å²) in [5, 5.41) is 0. The van der Waals surface area contributed by atoms with E-state index in [0.717, 1.165) is 7.11 Å². The zero-order valence-electron chi connectivity index (χ0n) is 9.74. The van der Waals surface area contributed by atoms with Crippen molar-refractivity contribution in [2.75, 3.05) is 13.7 Å². The second kappa shape index (κ2) is 6.35. The van der Waals surface area contributed by atoms with E-state index in [9.17, 15) is 26.7 Å². The summed E-state index contributed by atoms with van der Waals surface area (Å²) in [7, 11) is 1.15. The first kappa shape index (κ1) is 15.2. The van der Waals surface area contributed by atoms with Gasteiger partial charge in [0.2, 0.25) is 29.1 Å². The number of rotatable bonds is 5. The van der Waals surface area contributed by atoms with Gasteiger partial charge in [-0.2, -0.15) is 8.78 Å². The molecule has 0 unspecified atom stereocenters. The van der Waals surface area contributed by atoms with Gasteiger partial charge in [-0.1, -0.05) is 0 Å². The first-order chi connectivity index (χ1) is 8.90. The van der Waals surface area contributed by atoms with Gasteiger partial charge in [0.25, 0.3) is 0 Å². The van der Waals surface area contributed by atoms with E-state index in [1.807, 2.05) is 0 Å². The number of carbonyl (C=O) groups excluding carboxylic acids is 1. The zero-order chi connectivity index (χ0) is 14.6. The molecule has 106 valence electrons. The van der Waals surface area contributed by atoms with Crippen molar-refractivity contribution in [1.29, 1.82) is 0 Å². The Hall–Kier alpha value is -1.86. The molecule has 0 saturated carbocycles. The highest BCUT2D eigenvalue weighted by atomic mass is 19.2. The molecule has 1 aromatic carbocycles. The van der Waals surface area contributed by atoms with Gasteiger partial charge in [-0.25, -0.2) is 13.2 Å². The molecule has 0 aliphatic rings. The third-order valence-electron chi connectivity index (χ3n) is 2.17. The fourth-order valence-corrected chi connectivity index (χ4v) is 1.20. The van der Waals surface area contributed by atoms with Crippen LogP contribution in [-0.2, 0) is 9.53 Å². The van der Waals surface area contributed by atoms with Gasteiger partial charge in [0.1, 0.15) is 0 Å². The molecule has 8 heteroatoms. The first-order valence-corrected chi connectivity index (χ1v) is 5.11. The lowest BCUT2D eigenvalue weighted by Gasteiger charge is -2.09. The van der Waals surface area contributed by atoms with Gasteiger partial charge in [-0.05, 0) is 6.42 Å². The van der Waals surface area contributed by atoms with Crippen LogP contribution in [0.15, 0.2) is 0 Å². The third kappa shape index (κ3) is 3.33. The van der Waals surface area contributed by atoms with E-state index in [-0.39, 0.29) is 12.8 Å². The van der Waals surface area contributed by atoms with Crippen LogP contribution >= 0.6 is 0 Å². The van der Waals surface area contributed by atoms with Crippen LogP contribution in [0.25, 0.3) is 0 Å². The van der Waals surface area contributed by atoms with Crippen LogP contribution in [0.3, 0.4) is 0 Å². The van der Waals surface area contributed by atoms with Crippen molar-refractivity contribution in [3.8, 4) is 5.75 Å². The first-order valence-electron chi connectivity index (χ1n) is 5.11. The molecule has 0 fully saturated rings. The Balaban J connectivity index is 2.77. The van der Waals surface area contributed by atoms with Gasteiger partial charge in [0, 0.05) is 6.42 Å². The Morgan fingerprint density at radius 3 is 1.89 bits per heavy atom. The van der Waals surface area contributed by atoms with Crippen LogP contribution in [0, 0.1) is 29.1 Å². The summed E-state index contributed by atoms with van der Waals surface area (Å²) in [5.41, 5.74) is 0. The minimum atomic E-state index is -2.25. The third-order valence-corrected chi connectivity index (χ3v) is 2.17. The molecule has 0 bridgehead atoms. The summed E-state index contributed by atoms with van der Waals surface area (Å²) in [6.07, 6.45) is -0.0991. The lowest BCUT2D eigenvalue weighted by atomic mass is 10.2. The van der Waals surface area contributed by atoms with E-state index in [4.69, 9.17) is 0 Å². The minimum absolute atomic E-state index is 0.00612. The standard InChI is InChI=1S/C11H9F5O3/c1-18-5(17)3-2-4-19-11-9(15)7(13)6(12)8(14)10(11)16/h2-4H2,1H3. The van der Waals surface area contributed by atoms with Gasteiger partial charge in [0.15, 0.2) is 5.75 Å². The lowest BCUT2D eigenvalue weighted by molar-refractivity contribution is -0.140. The van der Waals surface area contributed by atoms with Crippen molar-refractivity contribution in [2.24, 2.45) is 0 Å². The highest BCUT2D eigenvalue weighted by Crippen LogP contribution is 2.29. The Labute approximate surface area is 104 Å². The van der Waals surface area contributed by atoms with Gasteiger partial charge in [-0.3, -0.25) is 4.79 Å². The summed E-state index contributed by atoms with van der Waals surface area (Å²) in [6.45, 7) is -0.395. The summed E-state index contributed by atoms with van der Waals surface area (Å²) in [5.74, 6) is -12.5. The highest BCUT2D eigenvalue weighted by molar-refractivity contribution is 5.69. The molecule has 0 heterocycles. The number of halogens is 5. The number of methoxy groups -OCH3 is 1. The van der Waals surface area contributed by atoms with Crippen molar-refractivity contribution >= 4 is 5.97 Å². The molecule has 0 atom stereocenters. The molecule has 0 aliphatic carbocycles. The summed E-state index contributed by atoms with van der Waals surface area (Å²) in [4.78, 5) is 10.7. The quantitative estimate of drug-likeness (QED) is 0.274. The van der Waals surface area contributed by atoms with Gasteiger partial charge < -0.3 is 9.47 Å². The van der Waals surface area contributed by atoms with E-state index in [1.54, 1.807) is 0 Å². The van der Waals surface area contributed by atoms with E-state index >= 15 is 0 Å². The second-order valence-electron chi connectivity index (χ2n) is 3.43. The molecule has 0 amide bonds. The molecular weight excluding hydrogens is 275 g/mol. The summed E-state index contributed by atoms with van der Waals surface area (Å²) in [6, 6.07) is 0. The Morgan fingerprint density at radius 1 is 0.947 bits per heavy atom. The molecule has 19 heavy (non-hydrogen) atoms. The largest absolute Gasteiger partial charge is 0.487 e. The lowest BCUT2D eigenvalue weighted by Crippen LogP contribution is -2.09. The van der Waals surface area contributed by atoms with Crippen molar-refractivity contribution in [1.82, 2.24) is 0 Å². The molecule has 0 aromatic heterocycles. The molecule has 0 saturated heterocycles. The maximum absolute atomic E-state index is 13.1. The molecule has 0 aliphatic heterocycles. The number of esters is 1. The maximum Gasteiger partial charge on any atom is 0.305 e. The van der Waals surface area contributed by atoms with Crippen LogP contribution < -0.4 is 4.74 Å². The predicted molar refractivity (Wildman–Crippen MR) is 53.0 cm³/mol. The van der Waals surface area contributed by atoms with Crippen molar-refractivity contribution < 1.29 is 36.2 Å². The van der Waals surface area contributed by atoms with Gasteiger partial charge >= 0.3 is 5.97 Å². The maximum atomic E-state index is 13.1. The number of hydrogen-bond donors (Lipinski definition) is 0. The van der Waals surface area contributed by atoms with E-state index in [0.29, 0.717) is 0 Å². The SMILES string of the molecule is COC(=O)CCCOc1c(F)c(F)c(F)c(F)c1F. The normalized spacial score (nSPS) is 10.4. The summed E-state index contributed by atoms with van der Waals surface area (Å²) < 4.78 is 73.3. The summed E-state index contributed by atoms with van der Waals surface area (Å²) >= 11 is 0. The van der Waals surface area contributed by atoms with Crippen LogP contribution in [0.5, 0.6) is 5.75 Å². The Kier molecular flexibility index (Phi) is 5.08. The van der Waals surface area contributed by atoms with Crippen molar-refractivity contribution in [2.45, 2.75) is 12.8 Å². The molecular formula is C11H9F5O3. The molecule has 0 N–H and O–H groups in total. The van der Waals surface area contributed by atoms with Crippen molar-refractivity contribution in [3.63, 3.8) is 0 Å². The van der Waals surface area contributed by atoms with Crippen molar-refractivity contribution in [3.05, 3.63) is 29.1 Å². The van der Waals surface area contributed by atoms with E-state index in [2.05, 4.69) is 9.47 Å². The van der Waals surface area contributed by atoms with Gasteiger partial charge in [-0.15, -0.1) is 0 Å². The second-order valence-corrected chi connectivity index (χ2v) is 3.43. The fourth-order valence-electron chi connectivity index (χ4n) is 1.20. The number of benzene rings is 1. The predicted octanol–water partition coefficient (Wildman–Crippen LogP) is 2.71. The average molecular weight is 284 g/mol. The zero-order valence-corrected chi connectivity index (χ0v) is 9.74. The molecule has 1 rings (SSSR count). The van der Waals surface area contributed by atoms with Crippen LogP contribution in [0.2, 0.25) is 0 Å². The Morgan fingerprint density at radius 2 is 1.42 bits per heavy atom.